The molecule has 2 aromatic heterocycles. The predicted molar refractivity (Wildman–Crippen MR) is 103 cm³/mol. The van der Waals surface area contributed by atoms with E-state index < -0.39 is 0 Å². The average molecular weight is 356 g/mol. The van der Waals surface area contributed by atoms with Crippen LogP contribution >= 0.6 is 22.9 Å². The van der Waals surface area contributed by atoms with Gasteiger partial charge in [0, 0.05) is 33.6 Å². The molecule has 0 atom stereocenters. The molecule has 4 rings (SSSR count). The molecule has 2 heterocycles. The third-order valence-corrected chi connectivity index (χ3v) is 5.32. The van der Waals surface area contributed by atoms with Crippen LogP contribution < -0.4 is 16.5 Å². The summed E-state index contributed by atoms with van der Waals surface area (Å²) in [5.74, 6) is 0.702. The molecule has 0 unspecified atom stereocenters. The highest BCUT2D eigenvalue weighted by atomic mass is 35.5. The maximum Gasteiger partial charge on any atom is 0.196 e. The summed E-state index contributed by atoms with van der Waals surface area (Å²) in [6.07, 6.45) is 0. The van der Waals surface area contributed by atoms with Crippen molar-refractivity contribution in [2.75, 3.05) is 18.4 Å². The fourth-order valence-electron chi connectivity index (χ4n) is 2.84. The average Bonchev–Trinajstić information content (AvgIpc) is 2.60. The number of nitrogens with one attached hydrogen (secondary N) is 1. The number of para-hydroxylation sites is 1. The molecule has 0 fully saturated rings. The van der Waals surface area contributed by atoms with Gasteiger partial charge in [0.2, 0.25) is 0 Å². The second-order valence-corrected chi connectivity index (χ2v) is 6.96. The van der Waals surface area contributed by atoms with Crippen LogP contribution in [0.15, 0.2) is 47.3 Å². The Morgan fingerprint density at radius 1 is 1.17 bits per heavy atom. The fraction of sp³-hybridized carbons (Fsp3) is 0.111. The van der Waals surface area contributed by atoms with Gasteiger partial charge in [0.05, 0.1) is 15.6 Å². The quantitative estimate of drug-likeness (QED) is 0.430. The SMILES string of the molecule is NCCNc1nc2ccccc2c2c(=O)c3cc(Cl)ccc3sc12. The molecule has 0 amide bonds. The molecular formula is C18H14ClN3OS. The molecule has 4 nitrogen and oxygen atoms in total. The third-order valence-electron chi connectivity index (χ3n) is 3.91. The Bertz CT molecular complexity index is 1140. The Labute approximate surface area is 146 Å². The minimum atomic E-state index is -0.0179. The first-order valence-corrected chi connectivity index (χ1v) is 8.77. The summed E-state index contributed by atoms with van der Waals surface area (Å²) in [6, 6.07) is 13.1. The Morgan fingerprint density at radius 2 is 2.00 bits per heavy atom. The zero-order valence-electron chi connectivity index (χ0n) is 12.7. The van der Waals surface area contributed by atoms with Crippen LogP contribution in [0.25, 0.3) is 31.1 Å². The molecule has 0 saturated heterocycles. The first-order valence-electron chi connectivity index (χ1n) is 7.58. The van der Waals surface area contributed by atoms with Gasteiger partial charge in [-0.1, -0.05) is 29.8 Å². The van der Waals surface area contributed by atoms with Crippen LogP contribution in [0.2, 0.25) is 5.02 Å². The van der Waals surface area contributed by atoms with Crippen molar-refractivity contribution in [3.8, 4) is 0 Å². The summed E-state index contributed by atoms with van der Waals surface area (Å²) in [5.41, 5.74) is 6.38. The monoisotopic (exact) mass is 355 g/mol. The van der Waals surface area contributed by atoms with Gasteiger partial charge in [-0.05, 0) is 24.3 Å². The lowest BCUT2D eigenvalue weighted by Gasteiger charge is -2.11. The number of hydrogen-bond acceptors (Lipinski definition) is 5. The Kier molecular flexibility index (Phi) is 3.84. The van der Waals surface area contributed by atoms with Gasteiger partial charge in [0.15, 0.2) is 5.43 Å². The minimum absolute atomic E-state index is 0.0179. The van der Waals surface area contributed by atoms with Crippen LogP contribution in [0.4, 0.5) is 5.82 Å². The van der Waals surface area contributed by atoms with Gasteiger partial charge < -0.3 is 11.1 Å². The van der Waals surface area contributed by atoms with Crippen LogP contribution in [0.1, 0.15) is 0 Å². The van der Waals surface area contributed by atoms with Crippen LogP contribution in [-0.2, 0) is 0 Å². The first kappa shape index (κ1) is 15.3. The van der Waals surface area contributed by atoms with Gasteiger partial charge in [-0.3, -0.25) is 4.79 Å². The number of rotatable bonds is 3. The van der Waals surface area contributed by atoms with Crippen molar-refractivity contribution >= 4 is 59.8 Å². The molecule has 0 spiro atoms. The summed E-state index contributed by atoms with van der Waals surface area (Å²) in [7, 11) is 0. The molecule has 6 heteroatoms. The number of aromatic nitrogens is 1. The zero-order chi connectivity index (χ0) is 16.7. The van der Waals surface area contributed by atoms with Crippen LogP contribution in [0.5, 0.6) is 0 Å². The number of nitrogens with zero attached hydrogens (tertiary/aromatic N) is 1. The van der Waals surface area contributed by atoms with Crippen molar-refractivity contribution in [2.45, 2.75) is 0 Å². The van der Waals surface area contributed by atoms with Crippen LogP contribution in [0, 0.1) is 0 Å². The molecule has 2 aromatic carbocycles. The van der Waals surface area contributed by atoms with E-state index >= 15 is 0 Å². The summed E-state index contributed by atoms with van der Waals surface area (Å²) in [6.45, 7) is 1.09. The molecule has 0 saturated carbocycles. The molecule has 120 valence electrons. The lowest BCUT2D eigenvalue weighted by Crippen LogP contribution is -2.14. The van der Waals surface area contributed by atoms with Crippen LogP contribution in [-0.4, -0.2) is 18.1 Å². The lowest BCUT2D eigenvalue weighted by molar-refractivity contribution is 1.02. The van der Waals surface area contributed by atoms with E-state index in [9.17, 15) is 4.79 Å². The van der Waals surface area contributed by atoms with Crippen molar-refractivity contribution in [3.05, 3.63) is 57.7 Å². The van der Waals surface area contributed by atoms with Crippen molar-refractivity contribution < 1.29 is 0 Å². The number of nitrogens with two attached hydrogens (primary N) is 1. The Balaban J connectivity index is 2.21. The number of halogens is 1. The summed E-state index contributed by atoms with van der Waals surface area (Å²) >= 11 is 7.63. The van der Waals surface area contributed by atoms with E-state index in [1.165, 1.54) is 0 Å². The molecule has 24 heavy (non-hydrogen) atoms. The molecule has 0 aliphatic carbocycles. The minimum Gasteiger partial charge on any atom is -0.368 e. The number of pyridine rings is 1. The molecule has 0 aliphatic heterocycles. The normalized spacial score (nSPS) is 11.4. The Morgan fingerprint density at radius 3 is 2.83 bits per heavy atom. The van der Waals surface area contributed by atoms with Gasteiger partial charge in [-0.15, -0.1) is 11.3 Å². The van der Waals surface area contributed by atoms with Gasteiger partial charge in [-0.2, -0.15) is 0 Å². The maximum absolute atomic E-state index is 13.1. The second kappa shape index (κ2) is 6.02. The predicted octanol–water partition coefficient (Wildman–Crippen LogP) is 3.99. The highest BCUT2D eigenvalue weighted by Gasteiger charge is 2.14. The highest BCUT2D eigenvalue weighted by molar-refractivity contribution is 7.25. The van der Waals surface area contributed by atoms with E-state index in [-0.39, 0.29) is 5.43 Å². The second-order valence-electron chi connectivity index (χ2n) is 5.47. The lowest BCUT2D eigenvalue weighted by atomic mass is 10.1. The third kappa shape index (κ3) is 2.41. The van der Waals surface area contributed by atoms with E-state index in [0.717, 1.165) is 20.3 Å². The van der Waals surface area contributed by atoms with Gasteiger partial charge >= 0.3 is 0 Å². The Hall–Kier alpha value is -2.21. The van der Waals surface area contributed by atoms with Crippen molar-refractivity contribution in [1.82, 2.24) is 4.98 Å². The maximum atomic E-state index is 13.1. The highest BCUT2D eigenvalue weighted by Crippen LogP contribution is 2.34. The standard InChI is InChI=1S/C18H14ClN3OS/c19-10-5-6-14-12(9-10)16(23)15-11-3-1-2-4-13(11)22-18(17(15)24-14)21-8-7-20/h1-6,9H,7-8,20H2,(H,21,22). The summed E-state index contributed by atoms with van der Waals surface area (Å²) in [5, 5.41) is 5.98. The molecule has 0 aliphatic rings. The zero-order valence-corrected chi connectivity index (χ0v) is 14.2. The van der Waals surface area contributed by atoms with Gasteiger partial charge in [-0.25, -0.2) is 4.98 Å². The van der Waals surface area contributed by atoms with E-state index in [0.29, 0.717) is 34.7 Å². The largest absolute Gasteiger partial charge is 0.368 e. The van der Waals surface area contributed by atoms with Crippen LogP contribution in [0.3, 0.4) is 0 Å². The van der Waals surface area contributed by atoms with E-state index in [1.54, 1.807) is 23.5 Å². The number of hydrogen-bond donors (Lipinski definition) is 2. The van der Waals surface area contributed by atoms with Gasteiger partial charge in [0.25, 0.3) is 0 Å². The summed E-state index contributed by atoms with van der Waals surface area (Å²) < 4.78 is 1.74. The number of fused-ring (bicyclic) bond motifs is 4. The van der Waals surface area contributed by atoms with Crippen molar-refractivity contribution in [2.24, 2.45) is 5.73 Å². The first-order chi connectivity index (χ1) is 11.7. The smallest absolute Gasteiger partial charge is 0.196 e. The molecular weight excluding hydrogens is 342 g/mol. The number of anilines is 1. The molecule has 0 bridgehead atoms. The van der Waals surface area contributed by atoms with Crippen molar-refractivity contribution in [1.29, 1.82) is 0 Å². The molecule has 4 aromatic rings. The van der Waals surface area contributed by atoms with E-state index in [4.69, 9.17) is 17.3 Å². The van der Waals surface area contributed by atoms with Crippen molar-refractivity contribution in [3.63, 3.8) is 0 Å². The number of benzene rings is 2. The topological polar surface area (TPSA) is 68.0 Å². The molecule has 0 radical (unpaired) electrons. The van der Waals surface area contributed by atoms with E-state index in [2.05, 4.69) is 10.3 Å². The van der Waals surface area contributed by atoms with Gasteiger partial charge in [0.1, 0.15) is 5.82 Å². The van der Waals surface area contributed by atoms with E-state index in [1.807, 2.05) is 30.3 Å². The fourth-order valence-corrected chi connectivity index (χ4v) is 4.15. The summed E-state index contributed by atoms with van der Waals surface area (Å²) in [4.78, 5) is 17.8. The molecule has 3 N–H and O–H groups in total.